The molecular weight excluding hydrogens is 291 g/mol. The standard InChI is InChI=1S/C14H12F3N3.C2H6/c1-9(2)20-8-12(14(15,16)17)19-13(20)11-5-3-10(7-18)4-6-11;1-2/h3-6,8-9H,1-2H3;1-2H3. The zero-order chi connectivity index (χ0) is 16.9. The van der Waals surface area contributed by atoms with Crippen LogP contribution in [0.15, 0.2) is 30.5 Å². The van der Waals surface area contributed by atoms with Crippen molar-refractivity contribution in [3.05, 3.63) is 41.7 Å². The Bertz CT molecular complexity index is 647. The quantitative estimate of drug-likeness (QED) is 0.779. The van der Waals surface area contributed by atoms with Crippen LogP contribution in [-0.4, -0.2) is 9.55 Å². The van der Waals surface area contributed by atoms with Crippen LogP contribution in [0.25, 0.3) is 11.4 Å². The summed E-state index contributed by atoms with van der Waals surface area (Å²) in [5, 5.41) is 8.73. The molecule has 1 aromatic carbocycles. The summed E-state index contributed by atoms with van der Waals surface area (Å²) >= 11 is 0. The number of nitriles is 1. The van der Waals surface area contributed by atoms with Gasteiger partial charge in [-0.2, -0.15) is 18.4 Å². The molecule has 0 unspecified atom stereocenters. The second-order valence-electron chi connectivity index (χ2n) is 4.64. The molecule has 0 radical (unpaired) electrons. The van der Waals surface area contributed by atoms with E-state index in [4.69, 9.17) is 5.26 Å². The summed E-state index contributed by atoms with van der Waals surface area (Å²) in [5.74, 6) is 0.247. The van der Waals surface area contributed by atoms with E-state index in [0.29, 0.717) is 11.1 Å². The first kappa shape index (κ1) is 17.8. The fraction of sp³-hybridized carbons (Fsp3) is 0.375. The van der Waals surface area contributed by atoms with Gasteiger partial charge in [0.05, 0.1) is 11.6 Å². The Balaban J connectivity index is 0.00000116. The fourth-order valence-electron chi connectivity index (χ4n) is 1.83. The molecule has 2 aromatic rings. The molecule has 0 bridgehead atoms. The second kappa shape index (κ2) is 7.12. The van der Waals surface area contributed by atoms with Gasteiger partial charge in [0.15, 0.2) is 5.69 Å². The molecule has 0 N–H and O–H groups in total. The third kappa shape index (κ3) is 3.88. The Morgan fingerprint density at radius 2 is 1.68 bits per heavy atom. The Morgan fingerprint density at radius 3 is 2.09 bits per heavy atom. The number of alkyl halides is 3. The summed E-state index contributed by atoms with van der Waals surface area (Å²) in [6, 6.07) is 8.13. The van der Waals surface area contributed by atoms with Crippen molar-refractivity contribution in [1.29, 1.82) is 5.26 Å². The van der Waals surface area contributed by atoms with E-state index >= 15 is 0 Å². The zero-order valence-electron chi connectivity index (χ0n) is 12.9. The van der Waals surface area contributed by atoms with E-state index in [9.17, 15) is 13.2 Å². The third-order valence-corrected chi connectivity index (χ3v) is 2.85. The van der Waals surface area contributed by atoms with Crippen molar-refractivity contribution in [2.75, 3.05) is 0 Å². The topological polar surface area (TPSA) is 41.6 Å². The Kier molecular flexibility index (Phi) is 5.75. The Labute approximate surface area is 128 Å². The number of hydrogen-bond acceptors (Lipinski definition) is 2. The first-order chi connectivity index (χ1) is 10.3. The minimum Gasteiger partial charge on any atom is -0.328 e. The van der Waals surface area contributed by atoms with Gasteiger partial charge in [-0.25, -0.2) is 4.98 Å². The third-order valence-electron chi connectivity index (χ3n) is 2.85. The molecule has 1 aromatic heterocycles. The van der Waals surface area contributed by atoms with E-state index in [1.165, 1.54) is 4.57 Å². The lowest BCUT2D eigenvalue weighted by atomic mass is 10.1. The normalized spacial score (nSPS) is 10.9. The van der Waals surface area contributed by atoms with Gasteiger partial charge in [0.25, 0.3) is 0 Å². The molecule has 0 aliphatic heterocycles. The number of rotatable bonds is 2. The maximum atomic E-state index is 12.8. The van der Waals surface area contributed by atoms with Crippen molar-refractivity contribution < 1.29 is 13.2 Å². The smallest absolute Gasteiger partial charge is 0.328 e. The molecule has 0 aliphatic carbocycles. The maximum absolute atomic E-state index is 12.8. The number of aromatic nitrogens is 2. The molecule has 0 fully saturated rings. The SMILES string of the molecule is CC.CC(C)n1cc(C(F)(F)F)nc1-c1ccc(C#N)cc1. The average molecular weight is 309 g/mol. The number of halogens is 3. The molecule has 118 valence electrons. The van der Waals surface area contributed by atoms with Crippen LogP contribution in [0.3, 0.4) is 0 Å². The molecule has 0 amide bonds. The minimum absolute atomic E-state index is 0.149. The van der Waals surface area contributed by atoms with Crippen LogP contribution in [-0.2, 0) is 6.18 Å². The molecule has 0 aliphatic rings. The summed E-state index contributed by atoms with van der Waals surface area (Å²) in [4.78, 5) is 3.68. The van der Waals surface area contributed by atoms with E-state index in [0.717, 1.165) is 6.20 Å². The van der Waals surface area contributed by atoms with Crippen molar-refractivity contribution in [2.45, 2.75) is 39.9 Å². The van der Waals surface area contributed by atoms with E-state index in [1.54, 1.807) is 38.1 Å². The van der Waals surface area contributed by atoms with Crippen LogP contribution in [0.2, 0.25) is 0 Å². The highest BCUT2D eigenvalue weighted by Gasteiger charge is 2.35. The van der Waals surface area contributed by atoms with Crippen LogP contribution < -0.4 is 0 Å². The molecule has 0 spiro atoms. The number of benzene rings is 1. The summed E-state index contributed by atoms with van der Waals surface area (Å²) < 4.78 is 39.8. The summed E-state index contributed by atoms with van der Waals surface area (Å²) in [5.41, 5.74) is 0.0891. The van der Waals surface area contributed by atoms with Crippen molar-refractivity contribution in [3.8, 4) is 17.5 Å². The largest absolute Gasteiger partial charge is 0.434 e. The molecule has 0 saturated heterocycles. The van der Waals surface area contributed by atoms with Gasteiger partial charge in [0.1, 0.15) is 5.82 Å². The van der Waals surface area contributed by atoms with E-state index < -0.39 is 11.9 Å². The molecule has 3 nitrogen and oxygen atoms in total. The van der Waals surface area contributed by atoms with Gasteiger partial charge in [-0.3, -0.25) is 0 Å². The van der Waals surface area contributed by atoms with Gasteiger partial charge in [-0.15, -0.1) is 0 Å². The first-order valence-electron chi connectivity index (χ1n) is 6.99. The fourth-order valence-corrected chi connectivity index (χ4v) is 1.83. The van der Waals surface area contributed by atoms with Crippen molar-refractivity contribution >= 4 is 0 Å². The highest BCUT2D eigenvalue weighted by atomic mass is 19.4. The van der Waals surface area contributed by atoms with Crippen LogP contribution in [0.4, 0.5) is 13.2 Å². The second-order valence-corrected chi connectivity index (χ2v) is 4.64. The monoisotopic (exact) mass is 309 g/mol. The number of hydrogen-bond donors (Lipinski definition) is 0. The number of imidazole rings is 1. The predicted molar refractivity (Wildman–Crippen MR) is 79.1 cm³/mol. The van der Waals surface area contributed by atoms with E-state index in [-0.39, 0.29) is 11.9 Å². The molecule has 0 atom stereocenters. The molecule has 0 saturated carbocycles. The summed E-state index contributed by atoms with van der Waals surface area (Å²) in [6.07, 6.45) is -3.46. The highest BCUT2D eigenvalue weighted by molar-refractivity contribution is 5.58. The Hall–Kier alpha value is -2.29. The van der Waals surface area contributed by atoms with Gasteiger partial charge in [0.2, 0.25) is 0 Å². The summed E-state index contributed by atoms with van der Waals surface area (Å²) in [6.45, 7) is 7.57. The van der Waals surface area contributed by atoms with Crippen LogP contribution in [0, 0.1) is 11.3 Å². The van der Waals surface area contributed by atoms with Crippen molar-refractivity contribution in [2.24, 2.45) is 0 Å². The molecule has 6 heteroatoms. The Morgan fingerprint density at radius 1 is 1.14 bits per heavy atom. The van der Waals surface area contributed by atoms with Gasteiger partial charge in [-0.1, -0.05) is 13.8 Å². The van der Waals surface area contributed by atoms with Crippen molar-refractivity contribution in [1.82, 2.24) is 9.55 Å². The summed E-state index contributed by atoms with van der Waals surface area (Å²) in [7, 11) is 0. The molecular formula is C16H18F3N3. The zero-order valence-corrected chi connectivity index (χ0v) is 12.9. The highest BCUT2D eigenvalue weighted by Crippen LogP contribution is 2.32. The maximum Gasteiger partial charge on any atom is 0.434 e. The minimum atomic E-state index is -4.47. The predicted octanol–water partition coefficient (Wildman–Crippen LogP) is 5.05. The molecule has 2 rings (SSSR count). The lowest BCUT2D eigenvalue weighted by Gasteiger charge is -2.11. The molecule has 1 heterocycles. The first-order valence-corrected chi connectivity index (χ1v) is 6.99. The van der Waals surface area contributed by atoms with Crippen LogP contribution in [0.1, 0.15) is 45.0 Å². The van der Waals surface area contributed by atoms with E-state index in [2.05, 4.69) is 4.98 Å². The van der Waals surface area contributed by atoms with Crippen molar-refractivity contribution in [3.63, 3.8) is 0 Å². The van der Waals surface area contributed by atoms with Gasteiger partial charge >= 0.3 is 6.18 Å². The van der Waals surface area contributed by atoms with Gasteiger partial charge < -0.3 is 4.57 Å². The lowest BCUT2D eigenvalue weighted by Crippen LogP contribution is -2.05. The van der Waals surface area contributed by atoms with Crippen LogP contribution in [0.5, 0.6) is 0 Å². The van der Waals surface area contributed by atoms with E-state index in [1.807, 2.05) is 19.9 Å². The average Bonchev–Trinajstić information content (AvgIpc) is 2.95. The lowest BCUT2D eigenvalue weighted by molar-refractivity contribution is -0.140. The van der Waals surface area contributed by atoms with Crippen LogP contribution >= 0.6 is 0 Å². The molecule has 22 heavy (non-hydrogen) atoms. The van der Waals surface area contributed by atoms with Gasteiger partial charge in [-0.05, 0) is 38.1 Å². The van der Waals surface area contributed by atoms with Gasteiger partial charge in [0, 0.05) is 17.8 Å². The number of nitrogens with zero attached hydrogens (tertiary/aromatic N) is 3.